The molecule has 92 valence electrons. The molecule has 1 atom stereocenters. The highest BCUT2D eigenvalue weighted by Gasteiger charge is 2.19. The lowest BCUT2D eigenvalue weighted by Crippen LogP contribution is -2.32. The monoisotopic (exact) mass is 239 g/mol. The average molecular weight is 239 g/mol. The number of benzene rings is 2. The molecule has 2 nitrogen and oxygen atoms in total. The first kappa shape index (κ1) is 11.1. The highest BCUT2D eigenvalue weighted by Crippen LogP contribution is 2.29. The molecule has 2 heteroatoms. The van der Waals surface area contributed by atoms with E-state index in [0.717, 1.165) is 24.4 Å². The fourth-order valence-corrected chi connectivity index (χ4v) is 2.36. The van der Waals surface area contributed by atoms with Crippen LogP contribution in [-0.2, 0) is 6.42 Å². The van der Waals surface area contributed by atoms with E-state index < -0.39 is 0 Å². The molecule has 1 unspecified atom stereocenters. The van der Waals surface area contributed by atoms with Crippen molar-refractivity contribution in [3.63, 3.8) is 0 Å². The van der Waals surface area contributed by atoms with Crippen LogP contribution in [0.25, 0.3) is 0 Å². The van der Waals surface area contributed by atoms with Crippen molar-refractivity contribution in [1.29, 1.82) is 0 Å². The molecule has 18 heavy (non-hydrogen) atoms. The van der Waals surface area contributed by atoms with Crippen molar-refractivity contribution in [2.45, 2.75) is 19.4 Å². The zero-order valence-electron chi connectivity index (χ0n) is 10.5. The highest BCUT2D eigenvalue weighted by atomic mass is 16.5. The van der Waals surface area contributed by atoms with E-state index in [1.807, 2.05) is 18.2 Å². The predicted octanol–water partition coefficient (Wildman–Crippen LogP) is 3.41. The molecule has 3 rings (SSSR count). The molecule has 1 aliphatic heterocycles. The van der Waals surface area contributed by atoms with Crippen molar-refractivity contribution in [2.75, 3.05) is 11.9 Å². The summed E-state index contributed by atoms with van der Waals surface area (Å²) in [5, 5.41) is 3.43. The van der Waals surface area contributed by atoms with Crippen molar-refractivity contribution in [2.24, 2.45) is 0 Å². The largest absolute Gasteiger partial charge is 0.486 e. The third-order valence-electron chi connectivity index (χ3n) is 3.41. The maximum Gasteiger partial charge on any atom is 0.142 e. The molecule has 0 aromatic heterocycles. The lowest BCUT2D eigenvalue weighted by molar-refractivity contribution is 0.206. The van der Waals surface area contributed by atoms with Gasteiger partial charge in [-0.3, -0.25) is 0 Å². The first-order chi connectivity index (χ1) is 8.83. The molecule has 0 fully saturated rings. The second-order valence-electron chi connectivity index (χ2n) is 4.75. The van der Waals surface area contributed by atoms with Crippen LogP contribution in [0.2, 0.25) is 0 Å². The van der Waals surface area contributed by atoms with Crippen molar-refractivity contribution in [3.05, 3.63) is 59.7 Å². The molecule has 2 aromatic rings. The van der Waals surface area contributed by atoms with Crippen molar-refractivity contribution in [3.8, 4) is 5.75 Å². The quantitative estimate of drug-likeness (QED) is 0.867. The van der Waals surface area contributed by atoms with Crippen molar-refractivity contribution < 1.29 is 4.74 Å². The molecule has 0 spiro atoms. The number of nitrogens with one attached hydrogen (secondary N) is 1. The summed E-state index contributed by atoms with van der Waals surface area (Å²) in [6.45, 7) is 3.02. The molecule has 0 aliphatic carbocycles. The van der Waals surface area contributed by atoms with Gasteiger partial charge in [0, 0.05) is 6.42 Å². The Morgan fingerprint density at radius 2 is 1.89 bits per heavy atom. The van der Waals surface area contributed by atoms with Gasteiger partial charge in [0.05, 0.1) is 12.2 Å². The van der Waals surface area contributed by atoms with E-state index in [-0.39, 0.29) is 6.10 Å². The van der Waals surface area contributed by atoms with Gasteiger partial charge < -0.3 is 10.1 Å². The maximum atomic E-state index is 6.03. The van der Waals surface area contributed by atoms with E-state index >= 15 is 0 Å². The molecule has 0 bridgehead atoms. The summed E-state index contributed by atoms with van der Waals surface area (Å²) in [5.74, 6) is 0.960. The minimum Gasteiger partial charge on any atom is -0.486 e. The Balaban J connectivity index is 1.75. The fourth-order valence-electron chi connectivity index (χ4n) is 2.36. The van der Waals surface area contributed by atoms with Crippen LogP contribution in [-0.4, -0.2) is 12.6 Å². The standard InChI is InChI=1S/C16H17NO/c1-12-6-2-3-7-13(12)10-14-11-17-15-8-4-5-9-16(15)18-14/h2-9,14,17H,10-11H2,1H3. The summed E-state index contributed by atoms with van der Waals surface area (Å²) in [6, 6.07) is 16.6. The number of para-hydroxylation sites is 2. The first-order valence-corrected chi connectivity index (χ1v) is 6.37. The van der Waals surface area contributed by atoms with Crippen LogP contribution in [0.1, 0.15) is 11.1 Å². The Morgan fingerprint density at radius 3 is 2.78 bits per heavy atom. The number of hydrogen-bond acceptors (Lipinski definition) is 2. The van der Waals surface area contributed by atoms with Crippen molar-refractivity contribution in [1.82, 2.24) is 0 Å². The first-order valence-electron chi connectivity index (χ1n) is 6.37. The third kappa shape index (κ3) is 2.19. The van der Waals surface area contributed by atoms with Crippen LogP contribution < -0.4 is 10.1 Å². The number of aryl methyl sites for hydroxylation is 1. The summed E-state index contributed by atoms with van der Waals surface area (Å²) in [5.41, 5.74) is 3.79. The SMILES string of the molecule is Cc1ccccc1CC1CNc2ccccc2O1. The Hall–Kier alpha value is -1.96. The summed E-state index contributed by atoms with van der Waals surface area (Å²) in [6.07, 6.45) is 1.16. The van der Waals surface area contributed by atoms with Crippen molar-refractivity contribution >= 4 is 5.69 Å². The van der Waals surface area contributed by atoms with Gasteiger partial charge in [-0.25, -0.2) is 0 Å². The van der Waals surface area contributed by atoms with Gasteiger partial charge in [0.15, 0.2) is 0 Å². The maximum absolute atomic E-state index is 6.03. The summed E-state index contributed by atoms with van der Waals surface area (Å²) < 4.78 is 6.03. The van der Waals surface area contributed by atoms with Gasteiger partial charge in [-0.2, -0.15) is 0 Å². The molecular formula is C16H17NO. The number of ether oxygens (including phenoxy) is 1. The molecule has 1 N–H and O–H groups in total. The minimum atomic E-state index is 0.209. The van der Waals surface area contributed by atoms with Gasteiger partial charge in [0.1, 0.15) is 11.9 Å². The van der Waals surface area contributed by atoms with E-state index in [2.05, 4.69) is 42.6 Å². The minimum absolute atomic E-state index is 0.209. The molecule has 2 aromatic carbocycles. The Bertz CT molecular complexity index is 550. The summed E-state index contributed by atoms with van der Waals surface area (Å²) in [7, 11) is 0. The smallest absolute Gasteiger partial charge is 0.142 e. The summed E-state index contributed by atoms with van der Waals surface area (Å²) in [4.78, 5) is 0. The second-order valence-corrected chi connectivity index (χ2v) is 4.75. The predicted molar refractivity (Wildman–Crippen MR) is 74.2 cm³/mol. The summed E-state index contributed by atoms with van der Waals surface area (Å²) >= 11 is 0. The number of hydrogen-bond donors (Lipinski definition) is 1. The van der Waals surface area contributed by atoms with E-state index in [0.29, 0.717) is 0 Å². The highest BCUT2D eigenvalue weighted by molar-refractivity contribution is 5.57. The lowest BCUT2D eigenvalue weighted by atomic mass is 10.0. The Morgan fingerprint density at radius 1 is 1.11 bits per heavy atom. The van der Waals surface area contributed by atoms with E-state index in [9.17, 15) is 0 Å². The Labute approximate surface area is 108 Å². The van der Waals surface area contributed by atoms with E-state index in [1.165, 1.54) is 11.1 Å². The van der Waals surface area contributed by atoms with Gasteiger partial charge >= 0.3 is 0 Å². The Kier molecular flexibility index (Phi) is 2.93. The average Bonchev–Trinajstić information content (AvgIpc) is 2.41. The zero-order valence-corrected chi connectivity index (χ0v) is 10.5. The van der Waals surface area contributed by atoms with Crippen LogP contribution in [0.5, 0.6) is 5.75 Å². The third-order valence-corrected chi connectivity index (χ3v) is 3.41. The fraction of sp³-hybridized carbons (Fsp3) is 0.250. The number of fused-ring (bicyclic) bond motifs is 1. The normalized spacial score (nSPS) is 17.5. The molecule has 1 aliphatic rings. The van der Waals surface area contributed by atoms with Crippen LogP contribution in [0.4, 0.5) is 5.69 Å². The van der Waals surface area contributed by atoms with E-state index in [1.54, 1.807) is 0 Å². The van der Waals surface area contributed by atoms with E-state index in [4.69, 9.17) is 4.74 Å². The van der Waals surface area contributed by atoms with Gasteiger partial charge in [-0.15, -0.1) is 0 Å². The topological polar surface area (TPSA) is 21.3 Å². The van der Waals surface area contributed by atoms with Crippen LogP contribution >= 0.6 is 0 Å². The van der Waals surface area contributed by atoms with Gasteiger partial charge in [0.2, 0.25) is 0 Å². The molecule has 0 radical (unpaired) electrons. The van der Waals surface area contributed by atoms with Crippen LogP contribution in [0.15, 0.2) is 48.5 Å². The lowest BCUT2D eigenvalue weighted by Gasteiger charge is -2.27. The molecule has 0 saturated heterocycles. The van der Waals surface area contributed by atoms with Crippen LogP contribution in [0, 0.1) is 6.92 Å². The van der Waals surface area contributed by atoms with Gasteiger partial charge in [-0.1, -0.05) is 36.4 Å². The van der Waals surface area contributed by atoms with Gasteiger partial charge in [-0.05, 0) is 30.2 Å². The molecule has 1 heterocycles. The van der Waals surface area contributed by atoms with Gasteiger partial charge in [0.25, 0.3) is 0 Å². The molecule has 0 amide bonds. The van der Waals surface area contributed by atoms with Crippen LogP contribution in [0.3, 0.4) is 0 Å². The number of rotatable bonds is 2. The molecule has 0 saturated carbocycles. The zero-order chi connectivity index (χ0) is 12.4. The second kappa shape index (κ2) is 4.73. The molecular weight excluding hydrogens is 222 g/mol. The number of anilines is 1.